The first-order valence-electron chi connectivity index (χ1n) is 19.8. The summed E-state index contributed by atoms with van der Waals surface area (Å²) >= 11 is 0. The Bertz CT molecular complexity index is 1220. The molecule has 0 aromatic carbocycles. The number of hydrogen-bond donors (Lipinski definition) is 1. The van der Waals surface area contributed by atoms with E-state index in [0.29, 0.717) is 32.4 Å². The van der Waals surface area contributed by atoms with E-state index in [-0.39, 0.29) is 73.7 Å². The third-order valence-electron chi connectivity index (χ3n) is 9.20. The van der Waals surface area contributed by atoms with Crippen LogP contribution >= 0.6 is 0 Å². The van der Waals surface area contributed by atoms with Gasteiger partial charge in [-0.25, -0.2) is 9.59 Å². The molecular weight excluding hydrogens is 743 g/mol. The number of hydrogen-bond acceptors (Lipinski definition) is 11. The topological polar surface area (TPSA) is 145 Å². The molecule has 314 valence electrons. The Morgan fingerprint density at radius 2 is 1.37 bits per heavy atom. The monoisotopic (exact) mass is 817 g/mol. The van der Waals surface area contributed by atoms with Crippen molar-refractivity contribution < 1.29 is 51.1 Å². The molecular formula is C39H75NO11Si3. The standard InChI is InChI=1S/C39H75NO11Si3/c1-15-18-33(41)48-29-39(16-2,28-45-19-17-22-54(14,50-52(8,9)10)51-53(11,12)13)30-49-34(42)23-32-24-37(5,6)26-38(7,25-32)27-40-36(44)47-21-20-46-35(43)31(3)4/h32H,3,15-30H2,1-2,4-14H3,(H,40,44). The summed E-state index contributed by atoms with van der Waals surface area (Å²) in [6.45, 7) is 32.0. The van der Waals surface area contributed by atoms with Crippen LogP contribution in [-0.2, 0) is 46.3 Å². The molecule has 3 unspecified atom stereocenters. The first-order chi connectivity index (χ1) is 24.7. The normalized spacial score (nSPS) is 20.0. The van der Waals surface area contributed by atoms with Crippen molar-refractivity contribution in [3.05, 3.63) is 12.2 Å². The van der Waals surface area contributed by atoms with Gasteiger partial charge in [0, 0.05) is 31.6 Å². The molecule has 1 fully saturated rings. The molecule has 1 amide bonds. The summed E-state index contributed by atoms with van der Waals surface area (Å²) in [5, 5.41) is 2.86. The van der Waals surface area contributed by atoms with Gasteiger partial charge in [0.15, 0.2) is 16.6 Å². The second-order valence-electron chi connectivity index (χ2n) is 18.7. The lowest BCUT2D eigenvalue weighted by molar-refractivity contribution is -0.159. The molecule has 0 aromatic rings. The van der Waals surface area contributed by atoms with Crippen LogP contribution in [0, 0.1) is 22.2 Å². The van der Waals surface area contributed by atoms with E-state index in [0.717, 1.165) is 31.7 Å². The van der Waals surface area contributed by atoms with E-state index in [4.69, 9.17) is 31.9 Å². The van der Waals surface area contributed by atoms with Crippen molar-refractivity contribution in [2.24, 2.45) is 22.2 Å². The maximum absolute atomic E-state index is 13.4. The average Bonchev–Trinajstić information content (AvgIpc) is 3.00. The Hall–Kier alpha value is -2.05. The lowest BCUT2D eigenvalue weighted by atomic mass is 9.60. The van der Waals surface area contributed by atoms with Gasteiger partial charge >= 0.3 is 32.6 Å². The lowest BCUT2D eigenvalue weighted by Crippen LogP contribution is -2.52. The fourth-order valence-corrected chi connectivity index (χ4v) is 20.0. The molecule has 0 aromatic heterocycles. The van der Waals surface area contributed by atoms with Crippen molar-refractivity contribution >= 4 is 49.2 Å². The van der Waals surface area contributed by atoms with Gasteiger partial charge in [-0.1, -0.05) is 41.2 Å². The molecule has 1 aliphatic rings. The van der Waals surface area contributed by atoms with Crippen LogP contribution < -0.4 is 5.32 Å². The number of carbonyl (C=O) groups is 4. The second kappa shape index (κ2) is 22.0. The van der Waals surface area contributed by atoms with E-state index >= 15 is 0 Å². The smallest absolute Gasteiger partial charge is 0.407 e. The first kappa shape index (κ1) is 50.0. The van der Waals surface area contributed by atoms with Crippen LogP contribution in [0.1, 0.15) is 92.9 Å². The van der Waals surface area contributed by atoms with Gasteiger partial charge in [-0.3, -0.25) is 9.59 Å². The molecule has 1 rings (SSSR count). The van der Waals surface area contributed by atoms with E-state index in [1.807, 2.05) is 13.8 Å². The van der Waals surface area contributed by atoms with Crippen LogP contribution in [0.25, 0.3) is 0 Å². The number of ether oxygens (including phenoxy) is 5. The number of rotatable bonds is 25. The van der Waals surface area contributed by atoms with Crippen LogP contribution in [0.5, 0.6) is 0 Å². The number of amides is 1. The zero-order chi connectivity index (χ0) is 41.4. The molecule has 1 N–H and O–H groups in total. The van der Waals surface area contributed by atoms with Crippen molar-refractivity contribution in [2.75, 3.05) is 46.2 Å². The highest BCUT2D eigenvalue weighted by atomic mass is 28.5. The van der Waals surface area contributed by atoms with Gasteiger partial charge in [0.1, 0.15) is 26.4 Å². The molecule has 1 saturated carbocycles. The molecule has 0 heterocycles. The van der Waals surface area contributed by atoms with Crippen LogP contribution in [0.15, 0.2) is 12.2 Å². The lowest BCUT2D eigenvalue weighted by Gasteiger charge is -2.46. The zero-order valence-corrected chi connectivity index (χ0v) is 39.1. The molecule has 0 aliphatic heterocycles. The van der Waals surface area contributed by atoms with Gasteiger partial charge in [0.25, 0.3) is 0 Å². The van der Waals surface area contributed by atoms with Crippen LogP contribution in [0.4, 0.5) is 4.79 Å². The highest BCUT2D eigenvalue weighted by Crippen LogP contribution is 2.49. The Balaban J connectivity index is 2.86. The largest absolute Gasteiger partial charge is 0.465 e. The minimum atomic E-state index is -2.40. The van der Waals surface area contributed by atoms with Crippen LogP contribution in [-0.4, -0.2) is 95.4 Å². The molecule has 0 radical (unpaired) electrons. The fourth-order valence-electron chi connectivity index (χ4n) is 7.53. The molecule has 3 atom stereocenters. The summed E-state index contributed by atoms with van der Waals surface area (Å²) in [6.07, 6.45) is 4.47. The summed E-state index contributed by atoms with van der Waals surface area (Å²) in [5.41, 5.74) is -0.739. The molecule has 0 saturated heterocycles. The van der Waals surface area contributed by atoms with Crippen molar-refractivity contribution in [3.8, 4) is 0 Å². The summed E-state index contributed by atoms with van der Waals surface area (Å²) in [7, 11) is -6.03. The predicted molar refractivity (Wildman–Crippen MR) is 219 cm³/mol. The van der Waals surface area contributed by atoms with Gasteiger partial charge in [-0.2, -0.15) is 0 Å². The molecule has 0 spiro atoms. The average molecular weight is 818 g/mol. The van der Waals surface area contributed by atoms with Gasteiger partial charge in [0.2, 0.25) is 0 Å². The van der Waals surface area contributed by atoms with Crippen molar-refractivity contribution in [1.82, 2.24) is 5.32 Å². The van der Waals surface area contributed by atoms with E-state index in [9.17, 15) is 19.2 Å². The number of nitrogens with one attached hydrogen (secondary N) is 1. The Morgan fingerprint density at radius 3 is 1.91 bits per heavy atom. The van der Waals surface area contributed by atoms with Crippen LogP contribution in [0.2, 0.25) is 51.9 Å². The number of carbonyl (C=O) groups excluding carboxylic acids is 4. The van der Waals surface area contributed by atoms with Gasteiger partial charge in [0.05, 0.1) is 12.0 Å². The van der Waals surface area contributed by atoms with Gasteiger partial charge < -0.3 is 37.2 Å². The number of alkyl carbamates (subject to hydrolysis) is 1. The third kappa shape index (κ3) is 21.3. The molecule has 12 nitrogen and oxygen atoms in total. The van der Waals surface area contributed by atoms with Crippen LogP contribution in [0.3, 0.4) is 0 Å². The fraction of sp³-hybridized carbons (Fsp3) is 0.846. The van der Waals surface area contributed by atoms with Gasteiger partial charge in [-0.15, -0.1) is 0 Å². The number of esters is 3. The summed E-state index contributed by atoms with van der Waals surface area (Å²) in [5.74, 6) is -1.06. The summed E-state index contributed by atoms with van der Waals surface area (Å²) in [6, 6.07) is 0.821. The maximum atomic E-state index is 13.4. The molecule has 54 heavy (non-hydrogen) atoms. The Kier molecular flexibility index (Phi) is 20.4. The highest BCUT2D eigenvalue weighted by Gasteiger charge is 2.43. The van der Waals surface area contributed by atoms with E-state index in [1.165, 1.54) is 0 Å². The molecule has 1 aliphatic carbocycles. The SMILES string of the molecule is C=C(C)C(=O)OCCOC(=O)NCC1(C)CC(CC(=O)OCC(CC)(COCCC[Si](C)(O[Si](C)(C)C)O[Si](C)(C)C)COC(=O)CCC)CC(C)(C)C1. The van der Waals surface area contributed by atoms with E-state index in [2.05, 4.69) is 78.5 Å². The molecule has 0 bridgehead atoms. The minimum Gasteiger partial charge on any atom is -0.465 e. The first-order valence-corrected chi connectivity index (χ1v) is 29.1. The van der Waals surface area contributed by atoms with E-state index < -0.39 is 42.7 Å². The summed E-state index contributed by atoms with van der Waals surface area (Å²) in [4.78, 5) is 49.8. The predicted octanol–water partition coefficient (Wildman–Crippen LogP) is 8.52. The third-order valence-corrected chi connectivity index (χ3v) is 18.8. The maximum Gasteiger partial charge on any atom is 0.407 e. The van der Waals surface area contributed by atoms with Crippen molar-refractivity contribution in [3.63, 3.8) is 0 Å². The van der Waals surface area contributed by atoms with Gasteiger partial charge in [-0.05, 0) is 114 Å². The Labute approximate surface area is 330 Å². The van der Waals surface area contributed by atoms with E-state index in [1.54, 1.807) is 6.92 Å². The summed E-state index contributed by atoms with van der Waals surface area (Å²) < 4.78 is 41.4. The van der Waals surface area contributed by atoms with Crippen molar-refractivity contribution in [2.45, 2.75) is 145 Å². The second-order valence-corrected chi connectivity index (χ2v) is 31.5. The highest BCUT2D eigenvalue weighted by molar-refractivity contribution is 6.87. The zero-order valence-electron chi connectivity index (χ0n) is 36.1. The minimum absolute atomic E-state index is 0.0514. The quantitative estimate of drug-likeness (QED) is 0.0311. The Morgan fingerprint density at radius 1 is 0.796 bits per heavy atom. The molecule has 15 heteroatoms. The van der Waals surface area contributed by atoms with Crippen molar-refractivity contribution in [1.29, 1.82) is 0 Å².